The molecule has 0 saturated carbocycles. The number of nitrogens with one attached hydrogen (secondary N) is 1. The van der Waals surface area contributed by atoms with Crippen molar-refractivity contribution in [1.82, 2.24) is 4.98 Å². The summed E-state index contributed by atoms with van der Waals surface area (Å²) in [6, 6.07) is 3.99. The van der Waals surface area contributed by atoms with Crippen LogP contribution in [0.5, 0.6) is 0 Å². The molecule has 8 heteroatoms. The van der Waals surface area contributed by atoms with E-state index in [-0.39, 0.29) is 0 Å². The van der Waals surface area contributed by atoms with Crippen LogP contribution in [-0.4, -0.2) is 15.8 Å². The molecule has 0 radical (unpaired) electrons. The van der Waals surface area contributed by atoms with Crippen LogP contribution in [0.15, 0.2) is 30.5 Å². The number of nitrogens with zero attached hydrogens (tertiary/aromatic N) is 2. The number of aryl methyl sites for hydroxylation is 1. The van der Waals surface area contributed by atoms with E-state index >= 15 is 0 Å². The monoisotopic (exact) mass is 293 g/mol. The lowest BCUT2D eigenvalue weighted by atomic mass is 10.1. The molecule has 0 spiro atoms. The van der Waals surface area contributed by atoms with Gasteiger partial charge in [-0.15, -0.1) is 0 Å². The Morgan fingerprint density at radius 3 is 2.67 bits per heavy atom. The molecule has 0 unspecified atom stereocenters. The normalized spacial score (nSPS) is 10.2. The maximum Gasteiger partial charge on any atom is 0.308 e. The summed E-state index contributed by atoms with van der Waals surface area (Å²) in [5, 5.41) is 12.9. The third-order valence-corrected chi connectivity index (χ3v) is 2.61. The van der Waals surface area contributed by atoms with Gasteiger partial charge in [-0.1, -0.05) is 0 Å². The maximum atomic E-state index is 13.9. The number of halogens is 2. The van der Waals surface area contributed by atoms with Crippen molar-refractivity contribution in [2.45, 2.75) is 6.92 Å². The molecule has 6 nitrogen and oxygen atoms in total. The van der Waals surface area contributed by atoms with Crippen molar-refractivity contribution in [1.29, 1.82) is 0 Å². The number of hydrogen-bond acceptors (Lipinski definition) is 4. The Bertz CT molecular complexity index is 735. The summed E-state index contributed by atoms with van der Waals surface area (Å²) >= 11 is 0. The molecular weight excluding hydrogens is 284 g/mol. The Balaban J connectivity index is 2.37. The van der Waals surface area contributed by atoms with Crippen LogP contribution in [0.4, 0.5) is 20.2 Å². The molecular formula is C13H9F2N3O3. The Labute approximate surface area is 117 Å². The van der Waals surface area contributed by atoms with Gasteiger partial charge < -0.3 is 5.32 Å². The zero-order valence-corrected chi connectivity index (χ0v) is 10.8. The molecule has 1 amide bonds. The van der Waals surface area contributed by atoms with Gasteiger partial charge in [0.25, 0.3) is 5.91 Å². The SMILES string of the molecule is Cc1cc(NC(=O)c2cc(F)cc([N+](=O)[O-])c2F)ccn1. The highest BCUT2D eigenvalue weighted by atomic mass is 19.1. The van der Waals surface area contributed by atoms with Gasteiger partial charge in [0.15, 0.2) is 0 Å². The molecule has 0 aliphatic heterocycles. The fourth-order valence-corrected chi connectivity index (χ4v) is 1.69. The highest BCUT2D eigenvalue weighted by molar-refractivity contribution is 6.04. The Kier molecular flexibility index (Phi) is 3.88. The summed E-state index contributed by atoms with van der Waals surface area (Å²) in [5.74, 6) is -3.44. The van der Waals surface area contributed by atoms with Gasteiger partial charge in [-0.05, 0) is 25.1 Å². The quantitative estimate of drug-likeness (QED) is 0.696. The highest BCUT2D eigenvalue weighted by Crippen LogP contribution is 2.23. The van der Waals surface area contributed by atoms with Gasteiger partial charge >= 0.3 is 5.69 Å². The predicted octanol–water partition coefficient (Wildman–Crippen LogP) is 2.83. The van der Waals surface area contributed by atoms with Gasteiger partial charge in [-0.2, -0.15) is 4.39 Å². The van der Waals surface area contributed by atoms with E-state index in [1.54, 1.807) is 6.92 Å². The van der Waals surface area contributed by atoms with E-state index in [0.717, 1.165) is 0 Å². The molecule has 0 bridgehead atoms. The lowest BCUT2D eigenvalue weighted by Crippen LogP contribution is -2.15. The minimum atomic E-state index is -1.38. The molecule has 21 heavy (non-hydrogen) atoms. The van der Waals surface area contributed by atoms with Crippen LogP contribution in [0.3, 0.4) is 0 Å². The number of carbonyl (C=O) groups is 1. The number of nitro groups is 1. The number of hydrogen-bond donors (Lipinski definition) is 1. The first kappa shape index (κ1) is 14.5. The second-order valence-electron chi connectivity index (χ2n) is 4.18. The van der Waals surface area contributed by atoms with Crippen LogP contribution in [0, 0.1) is 28.7 Å². The molecule has 0 aliphatic rings. The molecule has 0 fully saturated rings. The van der Waals surface area contributed by atoms with Crippen LogP contribution in [0.25, 0.3) is 0 Å². The number of anilines is 1. The average Bonchev–Trinajstić information content (AvgIpc) is 2.40. The number of rotatable bonds is 3. The second-order valence-corrected chi connectivity index (χ2v) is 4.18. The lowest BCUT2D eigenvalue weighted by Gasteiger charge is -2.07. The van der Waals surface area contributed by atoms with E-state index in [1.807, 2.05) is 0 Å². The minimum Gasteiger partial charge on any atom is -0.322 e. The van der Waals surface area contributed by atoms with E-state index in [0.29, 0.717) is 23.5 Å². The molecule has 0 aliphatic carbocycles. The van der Waals surface area contributed by atoms with Crippen molar-refractivity contribution in [3.05, 3.63) is 63.5 Å². The van der Waals surface area contributed by atoms with E-state index in [2.05, 4.69) is 10.3 Å². The zero-order valence-electron chi connectivity index (χ0n) is 10.8. The van der Waals surface area contributed by atoms with E-state index in [4.69, 9.17) is 0 Å². The standard InChI is InChI=1S/C13H9F2N3O3/c1-7-4-9(2-3-16-7)17-13(19)10-5-8(14)6-11(12(10)15)18(20)21/h2-6H,1H3,(H,16,17,19). The summed E-state index contributed by atoms with van der Waals surface area (Å²) in [7, 11) is 0. The first-order valence-corrected chi connectivity index (χ1v) is 5.76. The number of pyridine rings is 1. The van der Waals surface area contributed by atoms with Crippen molar-refractivity contribution in [3.8, 4) is 0 Å². The van der Waals surface area contributed by atoms with Crippen molar-refractivity contribution in [3.63, 3.8) is 0 Å². The van der Waals surface area contributed by atoms with Crippen molar-refractivity contribution in [2.24, 2.45) is 0 Å². The van der Waals surface area contributed by atoms with Gasteiger partial charge in [0.1, 0.15) is 5.82 Å². The third kappa shape index (κ3) is 3.16. The predicted molar refractivity (Wildman–Crippen MR) is 69.9 cm³/mol. The summed E-state index contributed by atoms with van der Waals surface area (Å²) in [6.07, 6.45) is 1.43. The van der Waals surface area contributed by atoms with Crippen LogP contribution < -0.4 is 5.32 Å². The first-order chi connectivity index (χ1) is 9.88. The fraction of sp³-hybridized carbons (Fsp3) is 0.0769. The van der Waals surface area contributed by atoms with Gasteiger partial charge in [-0.25, -0.2) is 4.39 Å². The second kappa shape index (κ2) is 5.61. The minimum absolute atomic E-state index is 0.318. The molecule has 1 aromatic carbocycles. The Hall–Kier alpha value is -2.90. The summed E-state index contributed by atoms with van der Waals surface area (Å²) in [4.78, 5) is 25.3. The molecule has 1 aromatic heterocycles. The molecule has 108 valence electrons. The highest BCUT2D eigenvalue weighted by Gasteiger charge is 2.24. The summed E-state index contributed by atoms with van der Waals surface area (Å²) in [5.41, 5.74) is -0.903. The van der Waals surface area contributed by atoms with Crippen LogP contribution in [-0.2, 0) is 0 Å². The van der Waals surface area contributed by atoms with Gasteiger partial charge in [0, 0.05) is 17.6 Å². The molecule has 1 heterocycles. The first-order valence-electron chi connectivity index (χ1n) is 5.76. The van der Waals surface area contributed by atoms with E-state index in [9.17, 15) is 23.7 Å². The number of benzene rings is 1. The van der Waals surface area contributed by atoms with Crippen LogP contribution >= 0.6 is 0 Å². The van der Waals surface area contributed by atoms with Crippen LogP contribution in [0.2, 0.25) is 0 Å². The van der Waals surface area contributed by atoms with Gasteiger partial charge in [0.05, 0.1) is 16.6 Å². The number of carbonyl (C=O) groups excluding carboxylic acids is 1. The van der Waals surface area contributed by atoms with E-state index in [1.165, 1.54) is 18.3 Å². The number of aromatic nitrogens is 1. The Morgan fingerprint density at radius 1 is 1.33 bits per heavy atom. The van der Waals surface area contributed by atoms with Gasteiger partial charge in [0.2, 0.25) is 5.82 Å². The molecule has 0 atom stereocenters. The lowest BCUT2D eigenvalue weighted by molar-refractivity contribution is -0.387. The van der Waals surface area contributed by atoms with Crippen molar-refractivity contribution >= 4 is 17.3 Å². The molecule has 2 rings (SSSR count). The maximum absolute atomic E-state index is 13.9. The largest absolute Gasteiger partial charge is 0.322 e. The summed E-state index contributed by atoms with van der Waals surface area (Å²) < 4.78 is 27.1. The fourth-order valence-electron chi connectivity index (χ4n) is 1.69. The Morgan fingerprint density at radius 2 is 2.05 bits per heavy atom. The van der Waals surface area contributed by atoms with E-state index < -0.39 is 33.7 Å². The zero-order chi connectivity index (χ0) is 15.6. The molecule has 0 saturated heterocycles. The third-order valence-electron chi connectivity index (χ3n) is 2.61. The molecule has 1 N–H and O–H groups in total. The number of nitro benzene ring substituents is 1. The van der Waals surface area contributed by atoms with Crippen molar-refractivity contribution in [2.75, 3.05) is 5.32 Å². The topological polar surface area (TPSA) is 85.1 Å². The summed E-state index contributed by atoms with van der Waals surface area (Å²) in [6.45, 7) is 1.68. The van der Waals surface area contributed by atoms with Crippen molar-refractivity contribution < 1.29 is 18.5 Å². The van der Waals surface area contributed by atoms with Crippen LogP contribution in [0.1, 0.15) is 16.1 Å². The molecule has 2 aromatic rings. The smallest absolute Gasteiger partial charge is 0.308 e. The average molecular weight is 293 g/mol. The van der Waals surface area contributed by atoms with Gasteiger partial charge in [-0.3, -0.25) is 19.9 Å². The number of amides is 1.